The van der Waals surface area contributed by atoms with E-state index in [-0.39, 0.29) is 0 Å². The van der Waals surface area contributed by atoms with Crippen LogP contribution in [0, 0.1) is 0 Å². The first-order valence-corrected chi connectivity index (χ1v) is 6.03. The third kappa shape index (κ3) is 3.15. The molecule has 94 valence electrons. The molecule has 1 saturated heterocycles. The fourth-order valence-corrected chi connectivity index (χ4v) is 2.18. The average Bonchev–Trinajstić information content (AvgIpc) is 2.34. The molecule has 1 aliphatic rings. The van der Waals surface area contributed by atoms with Crippen molar-refractivity contribution in [3.05, 3.63) is 23.9 Å². The summed E-state index contributed by atoms with van der Waals surface area (Å²) in [7, 11) is 2.19. The number of hydrogen-bond donors (Lipinski definition) is 2. The van der Waals surface area contributed by atoms with E-state index in [9.17, 15) is 0 Å². The van der Waals surface area contributed by atoms with Crippen molar-refractivity contribution < 1.29 is 0 Å². The highest BCUT2D eigenvalue weighted by atomic mass is 15.3. The van der Waals surface area contributed by atoms with Crippen LogP contribution < -0.4 is 11.3 Å². The standard InChI is InChI=1S/C12H21N5/c1-10-8-17(6-5-16(10)2)9-11-3-4-14-12(7-11)15-13/h3-4,7,10H,5-6,8-9,13H2,1-2H3,(H,14,15). The number of pyridine rings is 1. The number of rotatable bonds is 3. The second-order valence-electron chi connectivity index (χ2n) is 4.76. The van der Waals surface area contributed by atoms with Gasteiger partial charge in [0.2, 0.25) is 0 Å². The van der Waals surface area contributed by atoms with Gasteiger partial charge >= 0.3 is 0 Å². The first-order valence-electron chi connectivity index (χ1n) is 6.03. The van der Waals surface area contributed by atoms with Crippen molar-refractivity contribution in [1.29, 1.82) is 0 Å². The van der Waals surface area contributed by atoms with E-state index in [1.165, 1.54) is 5.56 Å². The highest BCUT2D eigenvalue weighted by molar-refractivity contribution is 5.35. The summed E-state index contributed by atoms with van der Waals surface area (Å²) in [5, 5.41) is 0. The summed E-state index contributed by atoms with van der Waals surface area (Å²) in [5.74, 6) is 6.09. The Labute approximate surface area is 103 Å². The number of anilines is 1. The summed E-state index contributed by atoms with van der Waals surface area (Å²) in [6.07, 6.45) is 1.80. The molecule has 5 heteroatoms. The van der Waals surface area contributed by atoms with E-state index >= 15 is 0 Å². The summed E-state index contributed by atoms with van der Waals surface area (Å²) in [6.45, 7) is 6.61. The number of aromatic nitrogens is 1. The van der Waals surface area contributed by atoms with E-state index in [1.54, 1.807) is 6.20 Å². The lowest BCUT2D eigenvalue weighted by Gasteiger charge is -2.37. The monoisotopic (exact) mass is 235 g/mol. The van der Waals surface area contributed by atoms with Gasteiger partial charge in [0.25, 0.3) is 0 Å². The Morgan fingerprint density at radius 2 is 2.35 bits per heavy atom. The van der Waals surface area contributed by atoms with Crippen LogP contribution in [0.3, 0.4) is 0 Å². The van der Waals surface area contributed by atoms with Gasteiger partial charge in [0.05, 0.1) is 0 Å². The molecule has 0 aromatic carbocycles. The largest absolute Gasteiger partial charge is 0.308 e. The van der Waals surface area contributed by atoms with E-state index in [0.717, 1.165) is 32.0 Å². The Morgan fingerprint density at radius 1 is 1.53 bits per heavy atom. The van der Waals surface area contributed by atoms with Crippen LogP contribution in [0.5, 0.6) is 0 Å². The van der Waals surface area contributed by atoms with Crippen LogP contribution in [0.25, 0.3) is 0 Å². The van der Waals surface area contributed by atoms with Crippen LogP contribution in [0.2, 0.25) is 0 Å². The number of nitrogens with zero attached hydrogens (tertiary/aromatic N) is 3. The lowest BCUT2D eigenvalue weighted by molar-refractivity contribution is 0.1000. The van der Waals surface area contributed by atoms with Crippen molar-refractivity contribution in [3.63, 3.8) is 0 Å². The number of hydrazine groups is 1. The Morgan fingerprint density at radius 3 is 3.06 bits per heavy atom. The normalized spacial score (nSPS) is 22.6. The minimum absolute atomic E-state index is 0.623. The van der Waals surface area contributed by atoms with E-state index in [2.05, 4.69) is 34.2 Å². The topological polar surface area (TPSA) is 57.4 Å². The SMILES string of the molecule is CC1CN(Cc2ccnc(NN)c2)CCN1C. The quantitative estimate of drug-likeness (QED) is 0.590. The number of nitrogen functional groups attached to an aromatic ring is 1. The predicted octanol–water partition coefficient (Wildman–Crippen LogP) is 0.503. The molecule has 1 aromatic rings. The molecule has 17 heavy (non-hydrogen) atoms. The van der Waals surface area contributed by atoms with Gasteiger partial charge in [-0.15, -0.1) is 0 Å². The Bertz CT molecular complexity index is 368. The van der Waals surface area contributed by atoms with Crippen LogP contribution in [0.1, 0.15) is 12.5 Å². The van der Waals surface area contributed by atoms with Gasteiger partial charge in [0.1, 0.15) is 5.82 Å². The van der Waals surface area contributed by atoms with Gasteiger partial charge in [-0.05, 0) is 31.7 Å². The van der Waals surface area contributed by atoms with E-state index in [1.807, 2.05) is 12.1 Å². The molecule has 1 fully saturated rings. The van der Waals surface area contributed by atoms with Crippen LogP contribution in [0.15, 0.2) is 18.3 Å². The summed E-state index contributed by atoms with van der Waals surface area (Å²) in [6, 6.07) is 4.67. The lowest BCUT2D eigenvalue weighted by Crippen LogP contribution is -2.49. The molecule has 0 spiro atoms. The molecular formula is C12H21N5. The summed E-state index contributed by atoms with van der Waals surface area (Å²) in [5.41, 5.74) is 3.84. The highest BCUT2D eigenvalue weighted by Crippen LogP contribution is 2.13. The molecule has 3 N–H and O–H groups in total. The third-order valence-electron chi connectivity index (χ3n) is 3.42. The molecule has 2 heterocycles. The molecule has 1 unspecified atom stereocenters. The smallest absolute Gasteiger partial charge is 0.140 e. The van der Waals surface area contributed by atoms with Gasteiger partial charge in [-0.1, -0.05) is 0 Å². The fourth-order valence-electron chi connectivity index (χ4n) is 2.18. The average molecular weight is 235 g/mol. The predicted molar refractivity (Wildman–Crippen MR) is 69.4 cm³/mol. The number of nitrogens with one attached hydrogen (secondary N) is 1. The van der Waals surface area contributed by atoms with Crippen molar-refractivity contribution >= 4 is 5.82 Å². The second-order valence-corrected chi connectivity index (χ2v) is 4.76. The Kier molecular flexibility index (Phi) is 3.93. The van der Waals surface area contributed by atoms with Crippen molar-refractivity contribution in [1.82, 2.24) is 14.8 Å². The molecule has 2 rings (SSSR count). The van der Waals surface area contributed by atoms with Gasteiger partial charge in [-0.3, -0.25) is 4.90 Å². The maximum Gasteiger partial charge on any atom is 0.140 e. The van der Waals surface area contributed by atoms with Crippen LogP contribution in [0.4, 0.5) is 5.82 Å². The molecule has 1 atom stereocenters. The van der Waals surface area contributed by atoms with Crippen LogP contribution >= 0.6 is 0 Å². The molecule has 0 amide bonds. The van der Waals surface area contributed by atoms with Crippen molar-refractivity contribution in [2.75, 3.05) is 32.1 Å². The van der Waals surface area contributed by atoms with Gasteiger partial charge in [0.15, 0.2) is 0 Å². The number of piperazine rings is 1. The first-order chi connectivity index (χ1) is 8.19. The fraction of sp³-hybridized carbons (Fsp3) is 0.583. The highest BCUT2D eigenvalue weighted by Gasteiger charge is 2.20. The van der Waals surface area contributed by atoms with Gasteiger partial charge in [0, 0.05) is 38.4 Å². The maximum absolute atomic E-state index is 5.36. The zero-order valence-electron chi connectivity index (χ0n) is 10.6. The summed E-state index contributed by atoms with van der Waals surface area (Å²) >= 11 is 0. The number of hydrogen-bond acceptors (Lipinski definition) is 5. The molecule has 1 aliphatic heterocycles. The van der Waals surface area contributed by atoms with Gasteiger partial charge in [-0.2, -0.15) is 0 Å². The summed E-state index contributed by atoms with van der Waals surface area (Å²) in [4.78, 5) is 8.99. The van der Waals surface area contributed by atoms with E-state index < -0.39 is 0 Å². The Balaban J connectivity index is 1.96. The zero-order valence-corrected chi connectivity index (χ0v) is 10.6. The number of nitrogens with two attached hydrogens (primary N) is 1. The van der Waals surface area contributed by atoms with E-state index in [0.29, 0.717) is 6.04 Å². The second kappa shape index (κ2) is 5.44. The van der Waals surface area contributed by atoms with Gasteiger partial charge in [-0.25, -0.2) is 10.8 Å². The molecule has 0 aliphatic carbocycles. The minimum Gasteiger partial charge on any atom is -0.308 e. The Hall–Kier alpha value is -1.17. The lowest BCUT2D eigenvalue weighted by atomic mass is 10.1. The first kappa shape index (κ1) is 12.3. The van der Waals surface area contributed by atoms with Gasteiger partial charge < -0.3 is 10.3 Å². The molecule has 0 bridgehead atoms. The summed E-state index contributed by atoms with van der Waals surface area (Å²) < 4.78 is 0. The molecule has 1 aromatic heterocycles. The van der Waals surface area contributed by atoms with Crippen molar-refractivity contribution in [3.8, 4) is 0 Å². The van der Waals surface area contributed by atoms with Crippen LogP contribution in [-0.2, 0) is 6.54 Å². The molecule has 0 radical (unpaired) electrons. The maximum atomic E-state index is 5.36. The minimum atomic E-state index is 0.623. The number of likely N-dealkylation sites (N-methyl/N-ethyl adjacent to an activating group) is 1. The third-order valence-corrected chi connectivity index (χ3v) is 3.42. The van der Waals surface area contributed by atoms with E-state index in [4.69, 9.17) is 5.84 Å². The molecular weight excluding hydrogens is 214 g/mol. The van der Waals surface area contributed by atoms with Crippen molar-refractivity contribution in [2.45, 2.75) is 19.5 Å². The molecule has 0 saturated carbocycles. The zero-order chi connectivity index (χ0) is 12.3. The van der Waals surface area contributed by atoms with Crippen molar-refractivity contribution in [2.24, 2.45) is 5.84 Å². The van der Waals surface area contributed by atoms with Crippen LogP contribution in [-0.4, -0.2) is 47.5 Å². The molecule has 5 nitrogen and oxygen atoms in total.